The van der Waals surface area contributed by atoms with Crippen molar-refractivity contribution in [3.63, 3.8) is 0 Å². The van der Waals surface area contributed by atoms with Crippen molar-refractivity contribution in [2.24, 2.45) is 11.8 Å². The number of carbonyl (C=O) groups excluding carboxylic acids is 4. The fourth-order valence-electron chi connectivity index (χ4n) is 7.57. The molecule has 1 aliphatic heterocycles. The molecule has 0 spiro atoms. The predicted octanol–water partition coefficient (Wildman–Crippen LogP) is 7.97. The van der Waals surface area contributed by atoms with Gasteiger partial charge in [0.25, 0.3) is 12.6 Å². The maximum absolute atomic E-state index is 13.1. The minimum atomic E-state index is -1.19. The van der Waals surface area contributed by atoms with Gasteiger partial charge in [0, 0.05) is 12.2 Å². The fraction of sp³-hybridized carbons (Fsp3) is 0.524. The summed E-state index contributed by atoms with van der Waals surface area (Å²) in [7, 11) is 0. The van der Waals surface area contributed by atoms with Crippen LogP contribution in [0.3, 0.4) is 0 Å². The van der Waals surface area contributed by atoms with Gasteiger partial charge in [-0.3, -0.25) is 0 Å². The predicted molar refractivity (Wildman–Crippen MR) is 193 cm³/mol. The molecule has 2 aliphatic carbocycles. The Bertz CT molecular complexity index is 1370. The van der Waals surface area contributed by atoms with Gasteiger partial charge in [-0.2, -0.15) is 0 Å². The lowest BCUT2D eigenvalue weighted by Gasteiger charge is -2.30. The topological polar surface area (TPSA) is 124 Å². The Balaban J connectivity index is 1.04. The van der Waals surface area contributed by atoms with E-state index in [2.05, 4.69) is 13.2 Å². The van der Waals surface area contributed by atoms with E-state index in [9.17, 15) is 19.2 Å². The van der Waals surface area contributed by atoms with Crippen LogP contribution in [-0.2, 0) is 38.0 Å². The summed E-state index contributed by atoms with van der Waals surface area (Å²) in [5.41, 5.74) is 3.14. The van der Waals surface area contributed by atoms with Gasteiger partial charge in [-0.05, 0) is 136 Å². The van der Waals surface area contributed by atoms with Gasteiger partial charge in [-0.1, -0.05) is 37.4 Å². The smallest absolute Gasteiger partial charge is 0.340 e. The molecule has 2 aromatic rings. The molecule has 2 saturated carbocycles. The third kappa shape index (κ3) is 11.6. The number of rotatable bonds is 16. The highest BCUT2D eigenvalue weighted by Gasteiger charge is 2.35. The van der Waals surface area contributed by atoms with E-state index in [1.54, 1.807) is 24.3 Å². The molecule has 2 aromatic carbocycles. The van der Waals surface area contributed by atoms with Gasteiger partial charge in [-0.25, -0.2) is 19.2 Å². The number of esters is 4. The van der Waals surface area contributed by atoms with Gasteiger partial charge >= 0.3 is 23.9 Å². The van der Waals surface area contributed by atoms with Crippen molar-refractivity contribution in [3.8, 4) is 0 Å². The first-order valence-corrected chi connectivity index (χ1v) is 18.8. The minimum Gasteiger partial charge on any atom is -0.463 e. The molecule has 10 nitrogen and oxygen atoms in total. The van der Waals surface area contributed by atoms with Crippen molar-refractivity contribution < 1.29 is 47.6 Å². The van der Waals surface area contributed by atoms with Gasteiger partial charge in [-0.15, -0.1) is 0 Å². The lowest BCUT2D eigenvalue weighted by atomic mass is 9.77. The molecule has 0 N–H and O–H groups in total. The van der Waals surface area contributed by atoms with Crippen molar-refractivity contribution in [3.05, 3.63) is 96.1 Å². The van der Waals surface area contributed by atoms with Crippen LogP contribution in [0.25, 0.3) is 0 Å². The van der Waals surface area contributed by atoms with E-state index >= 15 is 0 Å². The molecule has 3 aliphatic rings. The molecule has 0 aromatic heterocycles. The number of hydrogen-bond donors (Lipinski definition) is 0. The van der Waals surface area contributed by atoms with Crippen LogP contribution >= 0.6 is 0 Å². The van der Waals surface area contributed by atoms with Crippen LogP contribution in [0.5, 0.6) is 0 Å². The van der Waals surface area contributed by atoms with Gasteiger partial charge < -0.3 is 28.4 Å². The summed E-state index contributed by atoms with van der Waals surface area (Å²) in [5.74, 6) is 0.204. The lowest BCUT2D eigenvalue weighted by Crippen LogP contribution is -2.44. The zero-order valence-corrected chi connectivity index (χ0v) is 30.0. The summed E-state index contributed by atoms with van der Waals surface area (Å²) in [6, 6.07) is 15.0. The van der Waals surface area contributed by atoms with Gasteiger partial charge in [0.1, 0.15) is 0 Å². The molecule has 0 bridgehead atoms. The first-order chi connectivity index (χ1) is 25.3. The van der Waals surface area contributed by atoms with Crippen LogP contribution in [0.2, 0.25) is 0 Å². The molecule has 1 heterocycles. The SMILES string of the molecule is C=CC(=O)OCCC[C@H]1CC[C@H](c2ccc(C(=O)O[C@H]3OCCO[C@@H]3OC(=O)c3ccc([C@H]4CC[C@H](CCCOC(=O)C=C)CC4)cc3)cc2)CC1. The summed E-state index contributed by atoms with van der Waals surface area (Å²) < 4.78 is 32.7. The molecular weight excluding hydrogens is 664 g/mol. The number of ether oxygens (including phenoxy) is 6. The fourth-order valence-corrected chi connectivity index (χ4v) is 7.57. The standard InChI is InChI=1S/C42H52O10/c1-3-37(43)47-25-5-7-29-9-13-31(14-10-29)33-17-21-35(22-18-33)39(45)51-41-42(50-28-27-49-41)52-40(46)36-23-19-34(20-24-36)32-15-11-30(12-16-32)8-6-26-48-38(44)4-2/h3-4,17-24,29-32,41-42H,1-2,5-16,25-28H2/t29-,30-,31-,32-,41-,42-/m1/s1. The second kappa shape index (κ2) is 20.1. The van der Waals surface area contributed by atoms with E-state index in [1.807, 2.05) is 24.3 Å². The number of carbonyl (C=O) groups is 4. The van der Waals surface area contributed by atoms with Crippen molar-refractivity contribution in [2.45, 2.75) is 101 Å². The van der Waals surface area contributed by atoms with E-state index in [4.69, 9.17) is 28.4 Å². The molecule has 3 fully saturated rings. The molecule has 10 heteroatoms. The van der Waals surface area contributed by atoms with E-state index in [-0.39, 0.29) is 25.2 Å². The number of hydrogen-bond acceptors (Lipinski definition) is 10. The van der Waals surface area contributed by atoms with Gasteiger partial charge in [0.05, 0.1) is 37.6 Å². The van der Waals surface area contributed by atoms with Crippen LogP contribution in [0.15, 0.2) is 73.8 Å². The van der Waals surface area contributed by atoms with Gasteiger partial charge in [0.2, 0.25) is 0 Å². The Kier molecular flexibility index (Phi) is 15.0. The maximum Gasteiger partial charge on any atom is 0.340 e. The average molecular weight is 717 g/mol. The monoisotopic (exact) mass is 716 g/mol. The molecule has 2 atom stereocenters. The zero-order valence-electron chi connectivity index (χ0n) is 30.0. The Morgan fingerprint density at radius 1 is 0.577 bits per heavy atom. The highest BCUT2D eigenvalue weighted by molar-refractivity contribution is 5.90. The maximum atomic E-state index is 13.1. The van der Waals surface area contributed by atoms with Crippen LogP contribution in [0.1, 0.15) is 121 Å². The highest BCUT2D eigenvalue weighted by Crippen LogP contribution is 2.39. The van der Waals surface area contributed by atoms with Crippen molar-refractivity contribution in [2.75, 3.05) is 26.4 Å². The van der Waals surface area contributed by atoms with Crippen LogP contribution in [0, 0.1) is 11.8 Å². The van der Waals surface area contributed by atoms with E-state index < -0.39 is 24.5 Å². The first kappa shape index (κ1) is 38.9. The highest BCUT2D eigenvalue weighted by atomic mass is 16.8. The molecule has 52 heavy (non-hydrogen) atoms. The molecule has 0 amide bonds. The van der Waals surface area contributed by atoms with Crippen molar-refractivity contribution >= 4 is 23.9 Å². The molecule has 280 valence electrons. The molecule has 1 saturated heterocycles. The molecule has 5 rings (SSSR count). The third-order valence-electron chi connectivity index (χ3n) is 10.6. The van der Waals surface area contributed by atoms with Crippen molar-refractivity contribution in [1.29, 1.82) is 0 Å². The van der Waals surface area contributed by atoms with Crippen LogP contribution in [0.4, 0.5) is 0 Å². The van der Waals surface area contributed by atoms with Crippen LogP contribution < -0.4 is 0 Å². The Morgan fingerprint density at radius 3 is 1.29 bits per heavy atom. The summed E-state index contributed by atoms with van der Waals surface area (Å²) in [5, 5.41) is 0. The second-order valence-electron chi connectivity index (χ2n) is 14.0. The average Bonchev–Trinajstić information content (AvgIpc) is 3.19. The van der Waals surface area contributed by atoms with E-state index in [0.717, 1.165) is 77.0 Å². The summed E-state index contributed by atoms with van der Waals surface area (Å²) in [4.78, 5) is 48.6. The molecular formula is C42H52O10. The molecule has 0 unspecified atom stereocenters. The summed E-state index contributed by atoms with van der Waals surface area (Å²) in [6.45, 7) is 8.10. The first-order valence-electron chi connectivity index (χ1n) is 18.8. The third-order valence-corrected chi connectivity index (χ3v) is 10.6. The number of benzene rings is 2. The Labute approximate surface area is 306 Å². The normalized spacial score (nSPS) is 24.5. The Morgan fingerprint density at radius 2 is 0.942 bits per heavy atom. The molecule has 0 radical (unpaired) electrons. The summed E-state index contributed by atoms with van der Waals surface area (Å²) in [6.07, 6.45) is 12.6. The van der Waals surface area contributed by atoms with E-state index in [0.29, 0.717) is 48.0 Å². The van der Waals surface area contributed by atoms with Crippen molar-refractivity contribution in [1.82, 2.24) is 0 Å². The quantitative estimate of drug-likeness (QED) is 0.0732. The second-order valence-corrected chi connectivity index (χ2v) is 14.0. The summed E-state index contributed by atoms with van der Waals surface area (Å²) >= 11 is 0. The Hall–Kier alpha value is -4.28. The zero-order chi connectivity index (χ0) is 36.7. The van der Waals surface area contributed by atoms with E-state index in [1.165, 1.54) is 23.3 Å². The largest absolute Gasteiger partial charge is 0.463 e. The minimum absolute atomic E-state index is 0.202. The lowest BCUT2D eigenvalue weighted by molar-refractivity contribution is -0.288. The van der Waals surface area contributed by atoms with Crippen LogP contribution in [-0.4, -0.2) is 62.9 Å². The van der Waals surface area contributed by atoms with Gasteiger partial charge in [0.15, 0.2) is 0 Å².